The second-order valence-electron chi connectivity index (χ2n) is 5.78. The van der Waals surface area contributed by atoms with Crippen molar-refractivity contribution in [2.75, 3.05) is 7.11 Å². The fourth-order valence-electron chi connectivity index (χ4n) is 2.84. The first-order valence-electron chi connectivity index (χ1n) is 8.22. The van der Waals surface area contributed by atoms with Crippen molar-refractivity contribution < 1.29 is 4.74 Å². The molecule has 0 radical (unpaired) electrons. The fraction of sp³-hybridized carbons (Fsp3) is 0.812. The summed E-state index contributed by atoms with van der Waals surface area (Å²) in [6.07, 6.45) is 10.1. The van der Waals surface area contributed by atoms with E-state index >= 15 is 0 Å². The van der Waals surface area contributed by atoms with Crippen molar-refractivity contribution >= 4 is 32.7 Å². The van der Waals surface area contributed by atoms with Crippen molar-refractivity contribution in [3.8, 4) is 5.06 Å². The zero-order chi connectivity index (χ0) is 14.8. The second-order valence-corrected chi connectivity index (χ2v) is 20.7. The molecule has 0 saturated carbocycles. The Labute approximate surface area is 133 Å². The molecule has 0 aliphatic carbocycles. The van der Waals surface area contributed by atoms with E-state index in [-0.39, 0.29) is 0 Å². The minimum atomic E-state index is -2.27. The Hall–Kier alpha value is 0.229. The van der Waals surface area contributed by atoms with Crippen LogP contribution in [0.1, 0.15) is 59.3 Å². The van der Waals surface area contributed by atoms with E-state index in [9.17, 15) is 0 Å². The third-order valence-corrected chi connectivity index (χ3v) is 22.9. The fourth-order valence-corrected chi connectivity index (χ4v) is 22.1. The molecule has 0 fully saturated rings. The summed E-state index contributed by atoms with van der Waals surface area (Å²) in [5.41, 5.74) is 0. The van der Waals surface area contributed by atoms with Crippen LogP contribution >= 0.6 is 11.3 Å². The molecule has 0 amide bonds. The van der Waals surface area contributed by atoms with Crippen molar-refractivity contribution in [2.24, 2.45) is 0 Å². The molecule has 1 heterocycles. The molecule has 0 N–H and O–H groups in total. The van der Waals surface area contributed by atoms with Gasteiger partial charge in [-0.15, -0.1) is 0 Å². The van der Waals surface area contributed by atoms with Crippen LogP contribution in [0.5, 0.6) is 5.06 Å². The van der Waals surface area contributed by atoms with Gasteiger partial charge in [0, 0.05) is 0 Å². The van der Waals surface area contributed by atoms with E-state index in [0.29, 0.717) is 0 Å². The number of hydrogen-bond acceptors (Lipinski definition) is 3. The standard InChI is InChI=1S/C4H4NOS.3C4H9.Sn/c1-6-4-2-5-3-7-4;3*1-3-4-2;/h2H,1H3;3*1,3-4H2,2H3;. The molecule has 1 aromatic heterocycles. The second kappa shape index (κ2) is 10.0. The monoisotopic (exact) mass is 405 g/mol. The summed E-state index contributed by atoms with van der Waals surface area (Å²) in [7, 11) is 1.76. The van der Waals surface area contributed by atoms with Gasteiger partial charge in [0.05, 0.1) is 0 Å². The van der Waals surface area contributed by atoms with Crippen LogP contribution in [0.4, 0.5) is 0 Å². The predicted molar refractivity (Wildman–Crippen MR) is 93.2 cm³/mol. The Kier molecular flexibility index (Phi) is 9.17. The zero-order valence-electron chi connectivity index (χ0n) is 13.7. The predicted octanol–water partition coefficient (Wildman–Crippen LogP) is 5.21. The Bertz CT molecular complexity index is 345. The summed E-state index contributed by atoms with van der Waals surface area (Å²) in [5, 5.41) is 1.01. The van der Waals surface area contributed by atoms with Gasteiger partial charge >= 0.3 is 133 Å². The Morgan fingerprint density at radius 3 is 1.85 bits per heavy atom. The van der Waals surface area contributed by atoms with Crippen molar-refractivity contribution in [2.45, 2.75) is 72.6 Å². The van der Waals surface area contributed by atoms with Gasteiger partial charge in [-0.1, -0.05) is 0 Å². The van der Waals surface area contributed by atoms with E-state index in [1.165, 1.54) is 54.9 Å². The van der Waals surface area contributed by atoms with E-state index in [0.717, 1.165) is 5.06 Å². The molecular formula is C16H31NOSSn. The first-order valence-corrected chi connectivity index (χ1v) is 16.5. The normalized spacial score (nSPS) is 11.8. The Morgan fingerprint density at radius 2 is 1.50 bits per heavy atom. The number of ether oxygens (including phenoxy) is 1. The van der Waals surface area contributed by atoms with Gasteiger partial charge in [-0.05, 0) is 0 Å². The topological polar surface area (TPSA) is 22.1 Å². The summed E-state index contributed by atoms with van der Waals surface area (Å²) in [6, 6.07) is 0. The number of unbranched alkanes of at least 4 members (excludes halogenated alkanes) is 3. The number of thiazole rings is 1. The number of methoxy groups -OCH3 is 1. The molecule has 0 atom stereocenters. The average Bonchev–Trinajstić information content (AvgIpc) is 2.96. The van der Waals surface area contributed by atoms with E-state index < -0.39 is 18.4 Å². The van der Waals surface area contributed by atoms with Gasteiger partial charge < -0.3 is 0 Å². The average molecular weight is 404 g/mol. The molecule has 4 heteroatoms. The number of hydrogen-bond donors (Lipinski definition) is 0. The van der Waals surface area contributed by atoms with Crippen LogP contribution in [0.3, 0.4) is 0 Å². The molecule has 0 unspecified atom stereocenters. The van der Waals surface area contributed by atoms with Gasteiger partial charge in [-0.25, -0.2) is 0 Å². The molecule has 0 bridgehead atoms. The van der Waals surface area contributed by atoms with Crippen LogP contribution in [-0.4, -0.2) is 30.5 Å². The quantitative estimate of drug-likeness (QED) is 0.473. The van der Waals surface area contributed by atoms with Crippen LogP contribution in [0, 0.1) is 0 Å². The third-order valence-electron chi connectivity index (χ3n) is 4.17. The van der Waals surface area contributed by atoms with Crippen molar-refractivity contribution in [3.63, 3.8) is 0 Å². The minimum absolute atomic E-state index is 1.01. The van der Waals surface area contributed by atoms with E-state index in [2.05, 4.69) is 20.8 Å². The Balaban J connectivity index is 2.97. The van der Waals surface area contributed by atoms with Gasteiger partial charge in [0.2, 0.25) is 0 Å². The summed E-state index contributed by atoms with van der Waals surface area (Å²) in [6.45, 7) is 6.95. The Morgan fingerprint density at radius 1 is 1.00 bits per heavy atom. The third kappa shape index (κ3) is 5.21. The summed E-state index contributed by atoms with van der Waals surface area (Å²) in [4.78, 5) is 4.81. The molecule has 1 aromatic rings. The van der Waals surface area contributed by atoms with Crippen LogP contribution in [0.15, 0.2) is 6.20 Å². The van der Waals surface area contributed by atoms with Crippen LogP contribution in [-0.2, 0) is 0 Å². The van der Waals surface area contributed by atoms with Crippen LogP contribution < -0.4 is 7.76 Å². The van der Waals surface area contributed by atoms with Crippen molar-refractivity contribution in [1.29, 1.82) is 0 Å². The van der Waals surface area contributed by atoms with E-state index in [4.69, 9.17) is 9.72 Å². The maximum absolute atomic E-state index is 5.39. The first-order chi connectivity index (χ1) is 9.72. The van der Waals surface area contributed by atoms with Gasteiger partial charge in [-0.3, -0.25) is 0 Å². The zero-order valence-corrected chi connectivity index (χ0v) is 17.4. The molecule has 2 nitrogen and oxygen atoms in total. The van der Waals surface area contributed by atoms with E-state index in [1.807, 2.05) is 17.5 Å². The van der Waals surface area contributed by atoms with Gasteiger partial charge in [0.1, 0.15) is 0 Å². The number of nitrogens with zero attached hydrogens (tertiary/aromatic N) is 1. The molecule has 20 heavy (non-hydrogen) atoms. The summed E-state index contributed by atoms with van der Waals surface area (Å²) < 4.78 is 11.4. The molecule has 0 spiro atoms. The van der Waals surface area contributed by atoms with Crippen LogP contribution in [0.25, 0.3) is 0 Å². The van der Waals surface area contributed by atoms with Gasteiger partial charge in [0.15, 0.2) is 0 Å². The summed E-state index contributed by atoms with van der Waals surface area (Å²) in [5.74, 6) is 0. The van der Waals surface area contributed by atoms with Crippen LogP contribution in [0.2, 0.25) is 13.3 Å². The van der Waals surface area contributed by atoms with Crippen molar-refractivity contribution in [3.05, 3.63) is 6.20 Å². The molecular weight excluding hydrogens is 373 g/mol. The van der Waals surface area contributed by atoms with Gasteiger partial charge in [-0.2, -0.15) is 0 Å². The molecule has 0 aromatic carbocycles. The number of aromatic nitrogens is 1. The molecule has 0 saturated heterocycles. The number of rotatable bonds is 11. The molecule has 116 valence electrons. The first kappa shape index (κ1) is 18.3. The summed E-state index contributed by atoms with van der Waals surface area (Å²) >= 11 is -0.421. The molecule has 0 aliphatic heterocycles. The van der Waals surface area contributed by atoms with Crippen molar-refractivity contribution in [1.82, 2.24) is 4.98 Å². The molecule has 1 rings (SSSR count). The van der Waals surface area contributed by atoms with Gasteiger partial charge in [0.25, 0.3) is 0 Å². The molecule has 0 aliphatic rings. The maximum atomic E-state index is 5.39. The SMILES string of the molecule is CCC[CH2][Sn]([CH2]CCC)([CH2]CCC)[c]1ncc(OC)s1. The van der Waals surface area contributed by atoms with E-state index in [1.54, 1.807) is 7.11 Å².